The van der Waals surface area contributed by atoms with Crippen molar-refractivity contribution in [3.05, 3.63) is 34.3 Å². The molecule has 2 aliphatic carbocycles. The van der Waals surface area contributed by atoms with Crippen molar-refractivity contribution in [1.82, 2.24) is 29.8 Å². The van der Waals surface area contributed by atoms with Crippen molar-refractivity contribution in [3.63, 3.8) is 0 Å². The fourth-order valence-electron chi connectivity index (χ4n) is 8.24. The first kappa shape index (κ1) is 42.9. The average Bonchev–Trinajstić information content (AvgIpc) is 4.05. The van der Waals surface area contributed by atoms with Crippen molar-refractivity contribution in [2.45, 2.75) is 134 Å². The zero-order valence-electron chi connectivity index (χ0n) is 34.8. The van der Waals surface area contributed by atoms with Crippen molar-refractivity contribution < 1.29 is 41.8 Å². The molecule has 0 bridgehead atoms. The second kappa shape index (κ2) is 15.7. The van der Waals surface area contributed by atoms with Crippen LogP contribution in [-0.4, -0.2) is 106 Å². The number of sulfonamides is 1. The number of thiazole rings is 1. The van der Waals surface area contributed by atoms with E-state index in [-0.39, 0.29) is 42.2 Å². The van der Waals surface area contributed by atoms with Crippen LogP contribution < -0.4 is 19.5 Å². The number of nitrogens with one attached hydrogen (secondary N) is 2. The van der Waals surface area contributed by atoms with Gasteiger partial charge in [-0.2, -0.15) is 0 Å². The zero-order valence-corrected chi connectivity index (χ0v) is 37.2. The van der Waals surface area contributed by atoms with Gasteiger partial charge < -0.3 is 24.4 Å². The van der Waals surface area contributed by atoms with E-state index in [1.54, 1.807) is 39.0 Å². The highest BCUT2D eigenvalue weighted by atomic mass is 35.5. The lowest BCUT2D eigenvalue weighted by Gasteiger charge is -2.46. The Balaban J connectivity index is 1.29. The highest BCUT2D eigenvalue weighted by molar-refractivity contribution is 7.91. The number of nitrogens with zero attached hydrogens (tertiary/aromatic N) is 4. The summed E-state index contributed by atoms with van der Waals surface area (Å²) in [6, 6.07) is 2.29. The molecule has 4 amide bonds. The number of fused-ring (bicyclic) bond motifs is 2. The van der Waals surface area contributed by atoms with Crippen LogP contribution in [0.25, 0.3) is 21.6 Å². The smallest absolute Gasteiger partial charge is 0.411 e. The molecule has 2 saturated heterocycles. The maximum absolute atomic E-state index is 14.8. The second-order valence-electron chi connectivity index (χ2n) is 17.7. The maximum atomic E-state index is 14.8. The third-order valence-corrected chi connectivity index (χ3v) is 14.7. The first-order chi connectivity index (χ1) is 27.7. The van der Waals surface area contributed by atoms with Gasteiger partial charge in [-0.25, -0.2) is 23.2 Å². The van der Waals surface area contributed by atoms with Gasteiger partial charge in [-0.3, -0.25) is 24.0 Å². The van der Waals surface area contributed by atoms with E-state index in [0.29, 0.717) is 52.4 Å². The van der Waals surface area contributed by atoms with E-state index in [9.17, 15) is 27.6 Å². The number of amides is 4. The normalized spacial score (nSPS) is 25.6. The fraction of sp³-hybridized carbons (Fsp3) is 0.610. The van der Waals surface area contributed by atoms with Gasteiger partial charge in [-0.15, -0.1) is 11.3 Å². The second-order valence-corrected chi connectivity index (χ2v) is 20.9. The quantitative estimate of drug-likeness (QED) is 0.217. The molecule has 4 aliphatic rings. The molecule has 4 fully saturated rings. The summed E-state index contributed by atoms with van der Waals surface area (Å²) >= 11 is 8.30. The Morgan fingerprint density at radius 2 is 1.81 bits per heavy atom. The molecule has 2 aromatic heterocycles. The predicted molar refractivity (Wildman–Crippen MR) is 223 cm³/mol. The SMILES string of the molecule is CC[C@@H]1C[C@]1(NC(=O)[C@@H]1C[C@@H](Oc2cc(-c3nc(C(C)C)cs3)nc3c(Cl)c(OC)ccc23)[C@H]2CN(C(=O)OC(C)(C)C)[C@H](C(C)C)C(=O)N21)C(=O)NS(=O)(=O)C1CC1. The van der Waals surface area contributed by atoms with Crippen LogP contribution in [0, 0.1) is 11.8 Å². The zero-order chi connectivity index (χ0) is 42.9. The number of pyridine rings is 1. The highest BCUT2D eigenvalue weighted by Gasteiger charge is 2.63. The van der Waals surface area contributed by atoms with E-state index in [1.807, 2.05) is 40.0 Å². The first-order valence-electron chi connectivity index (χ1n) is 20.2. The first-order valence-corrected chi connectivity index (χ1v) is 23.0. The lowest BCUT2D eigenvalue weighted by molar-refractivity contribution is -0.153. The molecule has 7 rings (SSSR count). The van der Waals surface area contributed by atoms with Crippen LogP contribution >= 0.6 is 22.9 Å². The Morgan fingerprint density at radius 1 is 1.10 bits per heavy atom. The van der Waals surface area contributed by atoms with Crippen molar-refractivity contribution in [1.29, 1.82) is 0 Å². The van der Waals surface area contributed by atoms with Crippen molar-refractivity contribution in [3.8, 4) is 22.2 Å². The highest BCUT2D eigenvalue weighted by Crippen LogP contribution is 2.48. The number of methoxy groups -OCH3 is 1. The number of piperazine rings is 1. The Kier molecular flexibility index (Phi) is 11.4. The Hall–Kier alpha value is -4.22. The van der Waals surface area contributed by atoms with Crippen molar-refractivity contribution in [2.24, 2.45) is 11.8 Å². The molecule has 0 spiro atoms. The van der Waals surface area contributed by atoms with Crippen LogP contribution in [0.5, 0.6) is 11.5 Å². The molecule has 18 heteroatoms. The summed E-state index contributed by atoms with van der Waals surface area (Å²) in [7, 11) is -2.39. The van der Waals surface area contributed by atoms with E-state index in [1.165, 1.54) is 28.2 Å². The van der Waals surface area contributed by atoms with Crippen LogP contribution in [-0.2, 0) is 29.1 Å². The molecule has 0 unspecified atom stereocenters. The molecule has 320 valence electrons. The average molecular weight is 873 g/mol. The number of halogens is 1. The van der Waals surface area contributed by atoms with Gasteiger partial charge in [0.25, 0.3) is 5.91 Å². The van der Waals surface area contributed by atoms with Gasteiger partial charge in [0.2, 0.25) is 21.8 Å². The molecular weight excluding hydrogens is 820 g/mol. The van der Waals surface area contributed by atoms with E-state index >= 15 is 0 Å². The number of carbonyl (C=O) groups excluding carboxylic acids is 4. The molecular formula is C41H53ClN6O9S2. The Labute approximate surface area is 353 Å². The molecule has 3 aromatic rings. The number of hydrogen-bond donors (Lipinski definition) is 2. The van der Waals surface area contributed by atoms with Gasteiger partial charge in [-0.05, 0) is 69.9 Å². The summed E-state index contributed by atoms with van der Waals surface area (Å²) in [6.45, 7) is 14.8. The minimum atomic E-state index is -3.89. The van der Waals surface area contributed by atoms with Gasteiger partial charge in [0.1, 0.15) is 56.6 Å². The van der Waals surface area contributed by atoms with E-state index in [2.05, 4.69) is 10.0 Å². The number of ether oxygens (including phenoxy) is 3. The number of hydrogen-bond acceptors (Lipinski definition) is 12. The standard InChI is InChI=1S/C41H53ClN6O9S2/c1-10-22-17-41(22,38(51)46-59(53,54)23-11-12-23)45-35(49)27-16-31(28-18-47(39(52)57-40(6,7)8)34(21(4)5)37(50)48(27)28)56-30-15-25(36-44-26(19-58-36)20(2)3)43-33-24(30)13-14-29(55-9)32(33)42/h13-15,19-23,27-28,31,34H,10-12,16-18H2,1-9H3,(H,45,49)(H,46,51)/t22-,27+,28-,31-,34-,41-/m1/s1. The number of aromatic nitrogens is 2. The monoisotopic (exact) mass is 872 g/mol. The summed E-state index contributed by atoms with van der Waals surface area (Å²) in [4.78, 5) is 69.6. The summed E-state index contributed by atoms with van der Waals surface area (Å²) in [5.74, 6) is -1.60. The summed E-state index contributed by atoms with van der Waals surface area (Å²) in [5.41, 5.74) is -0.534. The molecule has 2 N–H and O–H groups in total. The van der Waals surface area contributed by atoms with Gasteiger partial charge in [-0.1, -0.05) is 52.6 Å². The minimum Gasteiger partial charge on any atom is -0.495 e. The molecule has 6 atom stereocenters. The minimum absolute atomic E-state index is 0.0120. The maximum Gasteiger partial charge on any atom is 0.411 e. The van der Waals surface area contributed by atoms with Crippen molar-refractivity contribution >= 4 is 67.7 Å². The molecule has 2 aliphatic heterocycles. The number of rotatable bonds is 12. The largest absolute Gasteiger partial charge is 0.495 e. The lowest BCUT2D eigenvalue weighted by atomic mass is 9.96. The van der Waals surface area contributed by atoms with Gasteiger partial charge in [0.05, 0.1) is 29.6 Å². The predicted octanol–water partition coefficient (Wildman–Crippen LogP) is 6.03. The van der Waals surface area contributed by atoms with Gasteiger partial charge in [0, 0.05) is 29.8 Å². The molecule has 0 radical (unpaired) electrons. The topological polar surface area (TPSA) is 186 Å². The van der Waals surface area contributed by atoms with Gasteiger partial charge >= 0.3 is 6.09 Å². The van der Waals surface area contributed by atoms with Crippen LogP contribution in [0.3, 0.4) is 0 Å². The van der Waals surface area contributed by atoms with Gasteiger partial charge in [0.15, 0.2) is 0 Å². The van der Waals surface area contributed by atoms with Crippen LogP contribution in [0.1, 0.15) is 99.1 Å². The number of benzene rings is 1. The van der Waals surface area contributed by atoms with Crippen molar-refractivity contribution in [2.75, 3.05) is 13.7 Å². The lowest BCUT2D eigenvalue weighted by Crippen LogP contribution is -2.67. The van der Waals surface area contributed by atoms with Crippen LogP contribution in [0.2, 0.25) is 5.02 Å². The molecule has 1 aromatic carbocycles. The molecule has 4 heterocycles. The summed E-state index contributed by atoms with van der Waals surface area (Å²) < 4.78 is 46.2. The molecule has 59 heavy (non-hydrogen) atoms. The van der Waals surface area contributed by atoms with E-state index in [4.69, 9.17) is 35.8 Å². The third kappa shape index (κ3) is 8.18. The molecule has 15 nitrogen and oxygen atoms in total. The summed E-state index contributed by atoms with van der Waals surface area (Å²) in [5, 5.41) is 5.69. The number of carbonyl (C=O) groups is 4. The van der Waals surface area contributed by atoms with Crippen LogP contribution in [0.4, 0.5) is 4.79 Å². The summed E-state index contributed by atoms with van der Waals surface area (Å²) in [6.07, 6.45) is 0.147. The van der Waals surface area contributed by atoms with Crippen LogP contribution in [0.15, 0.2) is 23.6 Å². The Bertz CT molecular complexity index is 2290. The molecule has 2 saturated carbocycles. The fourth-order valence-corrected chi connectivity index (χ4v) is 10.8. The van der Waals surface area contributed by atoms with E-state index < -0.39 is 74.5 Å². The Morgan fingerprint density at radius 3 is 2.39 bits per heavy atom. The third-order valence-electron chi connectivity index (χ3n) is 11.6. The van der Waals surface area contributed by atoms with E-state index in [0.717, 1.165) is 5.69 Å².